The lowest BCUT2D eigenvalue weighted by molar-refractivity contribution is 0.163. The second kappa shape index (κ2) is 6.74. The molecule has 0 fully saturated rings. The highest BCUT2D eigenvalue weighted by molar-refractivity contribution is 6.79. The van der Waals surface area contributed by atoms with Crippen LogP contribution < -0.4 is 0 Å². The Morgan fingerprint density at radius 1 is 1.26 bits per heavy atom. The van der Waals surface area contributed by atoms with Gasteiger partial charge in [-0.1, -0.05) is 55.8 Å². The SMILES string of the molecule is C=CCCC[C@](O)(C#Cc1ccccc1)[Si](C)(C)C. The van der Waals surface area contributed by atoms with Crippen molar-refractivity contribution in [3.63, 3.8) is 0 Å². The minimum absolute atomic E-state index is 0.731. The highest BCUT2D eigenvalue weighted by Crippen LogP contribution is 2.26. The zero-order chi connectivity index (χ0) is 14.4. The number of hydrogen-bond donors (Lipinski definition) is 1. The fraction of sp³-hybridized carbons (Fsp3) is 0.412. The van der Waals surface area contributed by atoms with Gasteiger partial charge in [-0.05, 0) is 31.4 Å². The maximum atomic E-state index is 10.9. The number of benzene rings is 1. The van der Waals surface area contributed by atoms with Crippen molar-refractivity contribution in [2.75, 3.05) is 0 Å². The van der Waals surface area contributed by atoms with Crippen LogP contribution >= 0.6 is 0 Å². The summed E-state index contributed by atoms with van der Waals surface area (Å²) in [5.74, 6) is 6.27. The average molecular weight is 272 g/mol. The summed E-state index contributed by atoms with van der Waals surface area (Å²) >= 11 is 0. The van der Waals surface area contributed by atoms with Crippen LogP contribution in [0.3, 0.4) is 0 Å². The van der Waals surface area contributed by atoms with E-state index in [1.807, 2.05) is 36.4 Å². The minimum atomic E-state index is -1.77. The quantitative estimate of drug-likeness (QED) is 0.372. The van der Waals surface area contributed by atoms with Crippen LogP contribution in [0.25, 0.3) is 0 Å². The second-order valence-electron chi connectivity index (χ2n) is 5.91. The number of aliphatic hydroxyl groups is 1. The number of unbranched alkanes of at least 4 members (excludes halogenated alkanes) is 1. The Kier molecular flexibility index (Phi) is 5.59. The first-order chi connectivity index (χ1) is 8.89. The van der Waals surface area contributed by atoms with Crippen LogP contribution in [-0.2, 0) is 0 Å². The molecule has 0 aliphatic heterocycles. The third-order valence-electron chi connectivity index (χ3n) is 3.37. The van der Waals surface area contributed by atoms with Gasteiger partial charge in [0.1, 0.15) is 5.22 Å². The molecule has 0 unspecified atom stereocenters. The Morgan fingerprint density at radius 2 is 1.89 bits per heavy atom. The molecule has 0 heterocycles. The Labute approximate surface area is 118 Å². The van der Waals surface area contributed by atoms with E-state index < -0.39 is 13.3 Å². The lowest BCUT2D eigenvalue weighted by atomic mass is 10.1. The summed E-state index contributed by atoms with van der Waals surface area (Å²) in [6.45, 7) is 10.2. The predicted octanol–water partition coefficient (Wildman–Crippen LogP) is 4.00. The van der Waals surface area contributed by atoms with E-state index in [2.05, 4.69) is 38.1 Å². The zero-order valence-corrected chi connectivity index (χ0v) is 13.2. The van der Waals surface area contributed by atoms with Crippen LogP contribution in [0.15, 0.2) is 43.0 Å². The van der Waals surface area contributed by atoms with Crippen LogP contribution in [0.1, 0.15) is 24.8 Å². The fourth-order valence-electron chi connectivity index (χ4n) is 1.82. The smallest absolute Gasteiger partial charge is 0.112 e. The van der Waals surface area contributed by atoms with E-state index in [4.69, 9.17) is 0 Å². The van der Waals surface area contributed by atoms with Gasteiger partial charge in [0.25, 0.3) is 0 Å². The summed E-state index contributed by atoms with van der Waals surface area (Å²) < 4.78 is 0. The van der Waals surface area contributed by atoms with E-state index in [0.29, 0.717) is 0 Å². The van der Waals surface area contributed by atoms with Crippen molar-refractivity contribution in [1.29, 1.82) is 0 Å². The molecule has 1 atom stereocenters. The first-order valence-corrected chi connectivity index (χ1v) is 10.3. The predicted molar refractivity (Wildman–Crippen MR) is 85.7 cm³/mol. The van der Waals surface area contributed by atoms with Gasteiger partial charge >= 0.3 is 0 Å². The topological polar surface area (TPSA) is 20.2 Å². The van der Waals surface area contributed by atoms with Crippen molar-refractivity contribution in [3.05, 3.63) is 48.6 Å². The third kappa shape index (κ3) is 4.70. The molecule has 102 valence electrons. The number of rotatable bonds is 5. The van der Waals surface area contributed by atoms with Crippen molar-refractivity contribution in [3.8, 4) is 11.8 Å². The van der Waals surface area contributed by atoms with Gasteiger partial charge in [0.2, 0.25) is 0 Å². The second-order valence-corrected chi connectivity index (χ2v) is 11.2. The lowest BCUT2D eigenvalue weighted by Crippen LogP contribution is -2.51. The molecule has 0 spiro atoms. The summed E-state index contributed by atoms with van der Waals surface area (Å²) in [6.07, 6.45) is 4.50. The Morgan fingerprint density at radius 3 is 2.42 bits per heavy atom. The maximum absolute atomic E-state index is 10.9. The van der Waals surface area contributed by atoms with Crippen molar-refractivity contribution in [2.45, 2.75) is 44.1 Å². The van der Waals surface area contributed by atoms with Gasteiger partial charge in [-0.25, -0.2) is 0 Å². The van der Waals surface area contributed by atoms with Crippen molar-refractivity contribution < 1.29 is 5.11 Å². The molecule has 0 saturated heterocycles. The monoisotopic (exact) mass is 272 g/mol. The summed E-state index contributed by atoms with van der Waals surface area (Å²) in [6, 6.07) is 9.85. The first-order valence-electron chi connectivity index (χ1n) is 6.80. The fourth-order valence-corrected chi connectivity index (χ4v) is 3.19. The molecule has 0 aliphatic rings. The first kappa shape index (κ1) is 15.8. The van der Waals surface area contributed by atoms with E-state index in [0.717, 1.165) is 24.8 Å². The summed E-state index contributed by atoms with van der Waals surface area (Å²) in [7, 11) is -1.77. The molecule has 0 aliphatic carbocycles. The molecule has 0 radical (unpaired) electrons. The number of hydrogen-bond acceptors (Lipinski definition) is 1. The van der Waals surface area contributed by atoms with E-state index in [1.165, 1.54) is 0 Å². The van der Waals surface area contributed by atoms with Crippen molar-refractivity contribution in [1.82, 2.24) is 0 Å². The van der Waals surface area contributed by atoms with Crippen molar-refractivity contribution in [2.24, 2.45) is 0 Å². The van der Waals surface area contributed by atoms with Crippen LogP contribution in [0, 0.1) is 11.8 Å². The average Bonchev–Trinajstić information content (AvgIpc) is 2.37. The Balaban J connectivity index is 2.93. The largest absolute Gasteiger partial charge is 0.381 e. The van der Waals surface area contributed by atoms with Crippen LogP contribution in [-0.4, -0.2) is 18.4 Å². The van der Waals surface area contributed by atoms with Crippen molar-refractivity contribution >= 4 is 8.07 Å². The highest BCUT2D eigenvalue weighted by Gasteiger charge is 2.39. The molecule has 0 bridgehead atoms. The Bertz CT molecular complexity index is 462. The van der Waals surface area contributed by atoms with Gasteiger partial charge < -0.3 is 5.11 Å². The van der Waals surface area contributed by atoms with Crippen LogP contribution in [0.2, 0.25) is 19.6 Å². The third-order valence-corrected chi connectivity index (χ3v) is 6.23. The molecule has 1 nitrogen and oxygen atoms in total. The summed E-state index contributed by atoms with van der Waals surface area (Å²) in [4.78, 5) is 0. The van der Waals surface area contributed by atoms with Crippen LogP contribution in [0.4, 0.5) is 0 Å². The molecule has 0 saturated carbocycles. The molecule has 0 aromatic heterocycles. The minimum Gasteiger partial charge on any atom is -0.381 e. The normalized spacial score (nSPS) is 14.1. The van der Waals surface area contributed by atoms with Gasteiger partial charge in [0.05, 0.1) is 8.07 Å². The van der Waals surface area contributed by atoms with E-state index in [-0.39, 0.29) is 0 Å². The Hall–Kier alpha value is -1.30. The van der Waals surface area contributed by atoms with Gasteiger partial charge in [-0.15, -0.1) is 6.58 Å². The van der Waals surface area contributed by atoms with Gasteiger partial charge in [0, 0.05) is 5.56 Å². The molecular formula is C17H24OSi. The summed E-state index contributed by atoms with van der Waals surface area (Å²) in [5, 5.41) is 10.1. The molecule has 0 amide bonds. The molecular weight excluding hydrogens is 248 g/mol. The summed E-state index contributed by atoms with van der Waals surface area (Å²) in [5.41, 5.74) is 0.961. The molecule has 2 heteroatoms. The standard InChI is InChI=1S/C17H24OSi/c1-5-6-10-14-17(18,19(2,3)4)15-13-16-11-8-7-9-12-16/h5,7-9,11-12,18H,1,6,10,14H2,2-4H3/t17-/m1/s1. The molecule has 1 aromatic carbocycles. The molecule has 1 N–H and O–H groups in total. The molecule has 1 aromatic rings. The lowest BCUT2D eigenvalue weighted by Gasteiger charge is -2.34. The van der Waals surface area contributed by atoms with Gasteiger partial charge in [-0.3, -0.25) is 0 Å². The molecule has 1 rings (SSSR count). The van der Waals surface area contributed by atoms with Gasteiger partial charge in [0.15, 0.2) is 0 Å². The van der Waals surface area contributed by atoms with E-state index >= 15 is 0 Å². The highest BCUT2D eigenvalue weighted by atomic mass is 28.3. The molecule has 19 heavy (non-hydrogen) atoms. The maximum Gasteiger partial charge on any atom is 0.112 e. The zero-order valence-electron chi connectivity index (χ0n) is 12.2. The van der Waals surface area contributed by atoms with E-state index in [9.17, 15) is 5.11 Å². The van der Waals surface area contributed by atoms with Gasteiger partial charge in [-0.2, -0.15) is 0 Å². The number of allylic oxidation sites excluding steroid dienone is 1. The van der Waals surface area contributed by atoms with Crippen LogP contribution in [0.5, 0.6) is 0 Å². The van der Waals surface area contributed by atoms with E-state index in [1.54, 1.807) is 0 Å².